The molecule has 0 N–H and O–H groups in total. The van der Waals surface area contributed by atoms with Gasteiger partial charge in [0.2, 0.25) is 0 Å². The Morgan fingerprint density at radius 3 is 2.47 bits per heavy atom. The summed E-state index contributed by atoms with van der Waals surface area (Å²) < 4.78 is 0. The largest absolute Gasteiger partial charge is 0.103 e. The Hall–Kier alpha value is -0.520. The molecular weight excluding hydrogens is 180 g/mol. The SMILES string of the molecule is C=CC1CC(C=C)C(CCCCCC)C1. The van der Waals surface area contributed by atoms with Crippen molar-refractivity contribution in [2.24, 2.45) is 17.8 Å². The lowest BCUT2D eigenvalue weighted by Gasteiger charge is -2.15. The second-order valence-electron chi connectivity index (χ2n) is 4.98. The van der Waals surface area contributed by atoms with E-state index in [0.29, 0.717) is 0 Å². The van der Waals surface area contributed by atoms with Gasteiger partial charge in [-0.1, -0.05) is 44.8 Å². The number of hydrogen-bond acceptors (Lipinski definition) is 0. The highest BCUT2D eigenvalue weighted by Crippen LogP contribution is 2.40. The smallest absolute Gasteiger partial charge is 0.0202 e. The molecule has 1 fully saturated rings. The highest BCUT2D eigenvalue weighted by Gasteiger charge is 2.29. The predicted octanol–water partition coefficient (Wildman–Crippen LogP) is 4.97. The quantitative estimate of drug-likeness (QED) is 0.407. The molecule has 3 atom stereocenters. The lowest BCUT2D eigenvalue weighted by Crippen LogP contribution is -2.04. The van der Waals surface area contributed by atoms with Crippen molar-refractivity contribution >= 4 is 0 Å². The summed E-state index contributed by atoms with van der Waals surface area (Å²) in [7, 11) is 0. The third kappa shape index (κ3) is 3.85. The average molecular weight is 206 g/mol. The van der Waals surface area contributed by atoms with Gasteiger partial charge in [0.05, 0.1) is 0 Å². The van der Waals surface area contributed by atoms with E-state index in [1.807, 2.05) is 0 Å². The van der Waals surface area contributed by atoms with Gasteiger partial charge in [0.25, 0.3) is 0 Å². The number of unbranched alkanes of at least 4 members (excludes halogenated alkanes) is 3. The van der Waals surface area contributed by atoms with Crippen LogP contribution in [0.2, 0.25) is 0 Å². The minimum absolute atomic E-state index is 0.754. The van der Waals surface area contributed by atoms with Crippen molar-refractivity contribution in [2.45, 2.75) is 51.9 Å². The standard InChI is InChI=1S/C15H26/c1-4-7-8-9-10-15-12-13(5-2)11-14(15)6-3/h5-6,13-15H,2-4,7-12H2,1H3. The lowest BCUT2D eigenvalue weighted by molar-refractivity contribution is 0.403. The molecule has 0 nitrogen and oxygen atoms in total. The van der Waals surface area contributed by atoms with Gasteiger partial charge < -0.3 is 0 Å². The highest BCUT2D eigenvalue weighted by atomic mass is 14.3. The summed E-state index contributed by atoms with van der Waals surface area (Å²) in [5.74, 6) is 2.40. The minimum atomic E-state index is 0.754. The first-order chi connectivity index (χ1) is 7.31. The maximum Gasteiger partial charge on any atom is -0.0202 e. The van der Waals surface area contributed by atoms with Crippen LogP contribution >= 0.6 is 0 Å². The van der Waals surface area contributed by atoms with Gasteiger partial charge in [-0.3, -0.25) is 0 Å². The van der Waals surface area contributed by atoms with Gasteiger partial charge in [0.1, 0.15) is 0 Å². The molecular formula is C15H26. The Kier molecular flexibility index (Phi) is 5.75. The zero-order valence-corrected chi connectivity index (χ0v) is 10.3. The number of rotatable bonds is 7. The zero-order valence-electron chi connectivity index (χ0n) is 10.3. The van der Waals surface area contributed by atoms with Gasteiger partial charge in [0.15, 0.2) is 0 Å². The minimum Gasteiger partial charge on any atom is -0.103 e. The third-order valence-corrected chi connectivity index (χ3v) is 3.85. The van der Waals surface area contributed by atoms with Crippen LogP contribution in [0, 0.1) is 17.8 Å². The van der Waals surface area contributed by atoms with Crippen molar-refractivity contribution in [1.82, 2.24) is 0 Å². The van der Waals surface area contributed by atoms with Crippen molar-refractivity contribution in [3.8, 4) is 0 Å². The summed E-state index contributed by atoms with van der Waals surface area (Å²) in [6.45, 7) is 10.2. The van der Waals surface area contributed by atoms with Gasteiger partial charge in [0, 0.05) is 0 Å². The Bertz CT molecular complexity index is 192. The highest BCUT2D eigenvalue weighted by molar-refractivity contribution is 4.97. The Balaban J connectivity index is 2.26. The van der Waals surface area contributed by atoms with Crippen LogP contribution in [-0.2, 0) is 0 Å². The van der Waals surface area contributed by atoms with Crippen molar-refractivity contribution in [3.63, 3.8) is 0 Å². The molecule has 0 heterocycles. The van der Waals surface area contributed by atoms with Crippen molar-refractivity contribution < 1.29 is 0 Å². The normalized spacial score (nSPS) is 30.3. The van der Waals surface area contributed by atoms with Crippen LogP contribution in [0.3, 0.4) is 0 Å². The van der Waals surface area contributed by atoms with Crippen LogP contribution in [0.5, 0.6) is 0 Å². The third-order valence-electron chi connectivity index (χ3n) is 3.85. The second-order valence-corrected chi connectivity index (χ2v) is 4.98. The van der Waals surface area contributed by atoms with Gasteiger partial charge in [-0.15, -0.1) is 13.2 Å². The summed E-state index contributed by atoms with van der Waals surface area (Å²) >= 11 is 0. The summed E-state index contributed by atoms with van der Waals surface area (Å²) in [4.78, 5) is 0. The second kappa shape index (κ2) is 6.87. The van der Waals surface area contributed by atoms with Gasteiger partial charge in [-0.05, 0) is 37.0 Å². The van der Waals surface area contributed by atoms with E-state index in [9.17, 15) is 0 Å². The number of hydrogen-bond donors (Lipinski definition) is 0. The van der Waals surface area contributed by atoms with E-state index in [2.05, 4.69) is 32.2 Å². The molecule has 0 spiro atoms. The molecule has 0 aromatic carbocycles. The van der Waals surface area contributed by atoms with Crippen molar-refractivity contribution in [3.05, 3.63) is 25.3 Å². The summed E-state index contributed by atoms with van der Waals surface area (Å²) in [5, 5.41) is 0. The molecule has 1 saturated carbocycles. The average Bonchev–Trinajstić information content (AvgIpc) is 2.67. The molecule has 1 aliphatic rings. The molecule has 0 aromatic rings. The monoisotopic (exact) mass is 206 g/mol. The first-order valence-corrected chi connectivity index (χ1v) is 6.56. The first-order valence-electron chi connectivity index (χ1n) is 6.56. The molecule has 0 radical (unpaired) electrons. The van der Waals surface area contributed by atoms with Crippen LogP contribution in [-0.4, -0.2) is 0 Å². The van der Waals surface area contributed by atoms with Gasteiger partial charge >= 0.3 is 0 Å². The Labute approximate surface area is 95.5 Å². The maximum absolute atomic E-state index is 3.97. The Morgan fingerprint density at radius 2 is 1.87 bits per heavy atom. The molecule has 1 rings (SSSR count). The molecule has 0 saturated heterocycles. The number of allylic oxidation sites excluding steroid dienone is 2. The molecule has 0 heteroatoms. The molecule has 1 aliphatic carbocycles. The molecule has 15 heavy (non-hydrogen) atoms. The summed E-state index contributed by atoms with van der Waals surface area (Å²) in [5.41, 5.74) is 0. The van der Waals surface area contributed by atoms with E-state index >= 15 is 0 Å². The molecule has 86 valence electrons. The van der Waals surface area contributed by atoms with E-state index in [-0.39, 0.29) is 0 Å². The fourth-order valence-corrected chi connectivity index (χ4v) is 2.85. The first kappa shape index (κ1) is 12.5. The van der Waals surface area contributed by atoms with Crippen LogP contribution in [0.15, 0.2) is 25.3 Å². The van der Waals surface area contributed by atoms with Crippen LogP contribution in [0.4, 0.5) is 0 Å². The van der Waals surface area contributed by atoms with Crippen molar-refractivity contribution in [1.29, 1.82) is 0 Å². The van der Waals surface area contributed by atoms with Crippen LogP contribution in [0.1, 0.15) is 51.9 Å². The van der Waals surface area contributed by atoms with E-state index in [0.717, 1.165) is 17.8 Å². The van der Waals surface area contributed by atoms with Crippen LogP contribution < -0.4 is 0 Å². The molecule has 3 unspecified atom stereocenters. The predicted molar refractivity (Wildman–Crippen MR) is 68.9 cm³/mol. The molecule has 0 aliphatic heterocycles. The van der Waals surface area contributed by atoms with Gasteiger partial charge in [-0.25, -0.2) is 0 Å². The molecule has 0 aromatic heterocycles. The zero-order chi connectivity index (χ0) is 11.1. The van der Waals surface area contributed by atoms with E-state index in [4.69, 9.17) is 0 Å². The lowest BCUT2D eigenvalue weighted by atomic mass is 9.91. The topological polar surface area (TPSA) is 0 Å². The fraction of sp³-hybridized carbons (Fsp3) is 0.733. The van der Waals surface area contributed by atoms with E-state index in [1.165, 1.54) is 44.9 Å². The fourth-order valence-electron chi connectivity index (χ4n) is 2.85. The van der Waals surface area contributed by atoms with Crippen LogP contribution in [0.25, 0.3) is 0 Å². The summed E-state index contributed by atoms with van der Waals surface area (Å²) in [6, 6.07) is 0. The summed E-state index contributed by atoms with van der Waals surface area (Å²) in [6.07, 6.45) is 13.9. The van der Waals surface area contributed by atoms with E-state index < -0.39 is 0 Å². The molecule has 0 bridgehead atoms. The molecule has 0 amide bonds. The Morgan fingerprint density at radius 1 is 1.07 bits per heavy atom. The van der Waals surface area contributed by atoms with Gasteiger partial charge in [-0.2, -0.15) is 0 Å². The van der Waals surface area contributed by atoms with Crippen molar-refractivity contribution in [2.75, 3.05) is 0 Å². The van der Waals surface area contributed by atoms with E-state index in [1.54, 1.807) is 0 Å². The maximum atomic E-state index is 3.97.